The van der Waals surface area contributed by atoms with Crippen LogP contribution in [0.1, 0.15) is 38.4 Å². The molecule has 0 saturated heterocycles. The summed E-state index contributed by atoms with van der Waals surface area (Å²) in [5.74, 6) is 2.75. The van der Waals surface area contributed by atoms with Crippen molar-refractivity contribution in [3.05, 3.63) is 24.0 Å². The highest BCUT2D eigenvalue weighted by Crippen LogP contribution is 2.28. The van der Waals surface area contributed by atoms with Gasteiger partial charge in [0.1, 0.15) is 5.82 Å². The molecule has 3 nitrogen and oxygen atoms in total. The highest BCUT2D eigenvalue weighted by atomic mass is 14.9. The Morgan fingerprint density at radius 3 is 2.84 bits per heavy atom. The number of fused-ring (bicyclic) bond motifs is 1. The van der Waals surface area contributed by atoms with Gasteiger partial charge in [0.05, 0.1) is 11.0 Å². The molecule has 1 saturated carbocycles. The summed E-state index contributed by atoms with van der Waals surface area (Å²) in [6.07, 6.45) is 5.54. The predicted molar refractivity (Wildman–Crippen MR) is 80.4 cm³/mol. The molecule has 0 aliphatic heterocycles. The number of H-pyrrole nitrogens is 1. The number of aryl methyl sites for hydroxylation is 1. The van der Waals surface area contributed by atoms with Gasteiger partial charge in [-0.15, -0.1) is 0 Å². The number of benzene rings is 1. The fourth-order valence-electron chi connectivity index (χ4n) is 3.04. The van der Waals surface area contributed by atoms with Gasteiger partial charge in [0, 0.05) is 12.2 Å². The van der Waals surface area contributed by atoms with E-state index in [2.05, 4.69) is 40.4 Å². The molecule has 0 atom stereocenters. The number of nitrogens with one attached hydrogen (secondary N) is 2. The summed E-state index contributed by atoms with van der Waals surface area (Å²) >= 11 is 0. The standard InChI is InChI=1S/C16H23N3/c1-11-3-5-13(6-4-11)10-17-14-7-8-15-16(9-14)19-12(2)18-15/h7-9,11,13,17H,3-6,10H2,1-2H3,(H,18,19). The van der Waals surface area contributed by atoms with E-state index >= 15 is 0 Å². The van der Waals surface area contributed by atoms with Crippen LogP contribution in [-0.2, 0) is 0 Å². The molecule has 0 unspecified atom stereocenters. The van der Waals surface area contributed by atoms with E-state index in [9.17, 15) is 0 Å². The molecule has 1 aliphatic carbocycles. The van der Waals surface area contributed by atoms with E-state index in [1.54, 1.807) is 0 Å². The summed E-state index contributed by atoms with van der Waals surface area (Å²) in [4.78, 5) is 7.72. The van der Waals surface area contributed by atoms with Gasteiger partial charge in [-0.25, -0.2) is 4.98 Å². The molecule has 0 radical (unpaired) electrons. The van der Waals surface area contributed by atoms with Crippen molar-refractivity contribution in [1.29, 1.82) is 0 Å². The molecule has 3 heteroatoms. The first-order chi connectivity index (χ1) is 9.20. The van der Waals surface area contributed by atoms with Gasteiger partial charge in [0.25, 0.3) is 0 Å². The number of hydrogen-bond acceptors (Lipinski definition) is 2. The van der Waals surface area contributed by atoms with Crippen LogP contribution in [0.5, 0.6) is 0 Å². The average molecular weight is 257 g/mol. The monoisotopic (exact) mass is 257 g/mol. The van der Waals surface area contributed by atoms with Gasteiger partial charge in [0.2, 0.25) is 0 Å². The first kappa shape index (κ1) is 12.5. The zero-order valence-electron chi connectivity index (χ0n) is 11.9. The lowest BCUT2D eigenvalue weighted by Crippen LogP contribution is -2.20. The Morgan fingerprint density at radius 1 is 1.26 bits per heavy atom. The molecule has 0 amide bonds. The Morgan fingerprint density at radius 2 is 2.05 bits per heavy atom. The van der Waals surface area contributed by atoms with Crippen LogP contribution in [-0.4, -0.2) is 16.5 Å². The van der Waals surface area contributed by atoms with E-state index in [0.29, 0.717) is 0 Å². The second-order valence-corrected chi connectivity index (χ2v) is 6.06. The molecule has 3 rings (SSSR count). The van der Waals surface area contributed by atoms with Gasteiger partial charge in [-0.3, -0.25) is 0 Å². The predicted octanol–water partition coefficient (Wildman–Crippen LogP) is 4.11. The summed E-state index contributed by atoms with van der Waals surface area (Å²) < 4.78 is 0. The van der Waals surface area contributed by atoms with Crippen molar-refractivity contribution in [2.45, 2.75) is 39.5 Å². The van der Waals surface area contributed by atoms with Gasteiger partial charge in [0.15, 0.2) is 0 Å². The Labute approximate surface area is 114 Å². The lowest BCUT2D eigenvalue weighted by molar-refractivity contribution is 0.300. The highest BCUT2D eigenvalue weighted by molar-refractivity contribution is 5.79. The first-order valence-corrected chi connectivity index (χ1v) is 7.41. The van der Waals surface area contributed by atoms with E-state index in [1.807, 2.05) is 6.92 Å². The van der Waals surface area contributed by atoms with Crippen LogP contribution in [0.4, 0.5) is 5.69 Å². The summed E-state index contributed by atoms with van der Waals surface area (Å²) in [6.45, 7) is 5.47. The summed E-state index contributed by atoms with van der Waals surface area (Å²) in [6, 6.07) is 6.39. The molecule has 1 aromatic heterocycles. The van der Waals surface area contributed by atoms with E-state index in [4.69, 9.17) is 0 Å². The van der Waals surface area contributed by atoms with E-state index in [-0.39, 0.29) is 0 Å². The third kappa shape index (κ3) is 2.91. The molecule has 1 aliphatic rings. The minimum absolute atomic E-state index is 0.843. The van der Waals surface area contributed by atoms with Crippen molar-refractivity contribution in [2.24, 2.45) is 11.8 Å². The van der Waals surface area contributed by atoms with Gasteiger partial charge in [-0.2, -0.15) is 0 Å². The molecule has 2 aromatic rings. The average Bonchev–Trinajstić information content (AvgIpc) is 2.77. The Bertz CT molecular complexity index is 550. The smallest absolute Gasteiger partial charge is 0.104 e. The third-order valence-electron chi connectivity index (χ3n) is 4.33. The molecule has 0 bridgehead atoms. The largest absolute Gasteiger partial charge is 0.385 e. The number of aromatic amines is 1. The zero-order valence-corrected chi connectivity index (χ0v) is 11.9. The SMILES string of the molecule is Cc1nc2ccc(NCC3CCC(C)CC3)cc2[nH]1. The lowest BCUT2D eigenvalue weighted by atomic mass is 9.83. The molecule has 1 heterocycles. The van der Waals surface area contributed by atoms with Crippen LogP contribution in [0.2, 0.25) is 0 Å². The second-order valence-electron chi connectivity index (χ2n) is 6.06. The molecule has 1 aromatic carbocycles. The summed E-state index contributed by atoms with van der Waals surface area (Å²) in [5, 5.41) is 3.58. The Hall–Kier alpha value is -1.51. The molecule has 102 valence electrons. The Balaban J connectivity index is 1.61. The van der Waals surface area contributed by atoms with Crippen LogP contribution < -0.4 is 5.32 Å². The lowest BCUT2D eigenvalue weighted by Gasteiger charge is -2.26. The fraction of sp³-hybridized carbons (Fsp3) is 0.562. The second kappa shape index (κ2) is 5.24. The van der Waals surface area contributed by atoms with E-state index in [0.717, 1.165) is 35.2 Å². The van der Waals surface area contributed by atoms with Crippen LogP contribution in [0, 0.1) is 18.8 Å². The first-order valence-electron chi connectivity index (χ1n) is 7.41. The number of rotatable bonds is 3. The van der Waals surface area contributed by atoms with E-state index in [1.165, 1.54) is 31.4 Å². The number of imidazole rings is 1. The molecule has 2 N–H and O–H groups in total. The zero-order chi connectivity index (χ0) is 13.2. The summed E-state index contributed by atoms with van der Waals surface area (Å²) in [5.41, 5.74) is 3.38. The van der Waals surface area contributed by atoms with Crippen LogP contribution in [0.3, 0.4) is 0 Å². The maximum Gasteiger partial charge on any atom is 0.104 e. The van der Waals surface area contributed by atoms with Crippen molar-refractivity contribution in [3.63, 3.8) is 0 Å². The highest BCUT2D eigenvalue weighted by Gasteiger charge is 2.17. The third-order valence-corrected chi connectivity index (χ3v) is 4.33. The van der Waals surface area contributed by atoms with Crippen molar-refractivity contribution < 1.29 is 0 Å². The maximum absolute atomic E-state index is 4.43. The molecular weight excluding hydrogens is 234 g/mol. The minimum Gasteiger partial charge on any atom is -0.385 e. The van der Waals surface area contributed by atoms with Gasteiger partial charge >= 0.3 is 0 Å². The number of nitrogens with zero attached hydrogens (tertiary/aromatic N) is 1. The van der Waals surface area contributed by atoms with Crippen LogP contribution >= 0.6 is 0 Å². The minimum atomic E-state index is 0.843. The molecule has 1 fully saturated rings. The van der Waals surface area contributed by atoms with Crippen molar-refractivity contribution in [2.75, 3.05) is 11.9 Å². The van der Waals surface area contributed by atoms with Crippen LogP contribution in [0.15, 0.2) is 18.2 Å². The molecular formula is C16H23N3. The quantitative estimate of drug-likeness (QED) is 0.868. The number of hydrogen-bond donors (Lipinski definition) is 2. The molecule has 19 heavy (non-hydrogen) atoms. The normalized spacial score (nSPS) is 23.7. The fourth-order valence-corrected chi connectivity index (χ4v) is 3.04. The van der Waals surface area contributed by atoms with Gasteiger partial charge < -0.3 is 10.3 Å². The summed E-state index contributed by atoms with van der Waals surface area (Å²) in [7, 11) is 0. The van der Waals surface area contributed by atoms with Crippen molar-refractivity contribution >= 4 is 16.7 Å². The number of aromatic nitrogens is 2. The van der Waals surface area contributed by atoms with Gasteiger partial charge in [-0.05, 0) is 49.8 Å². The van der Waals surface area contributed by atoms with Crippen LogP contribution in [0.25, 0.3) is 11.0 Å². The van der Waals surface area contributed by atoms with Crippen molar-refractivity contribution in [1.82, 2.24) is 9.97 Å². The number of anilines is 1. The molecule has 0 spiro atoms. The van der Waals surface area contributed by atoms with Crippen molar-refractivity contribution in [3.8, 4) is 0 Å². The van der Waals surface area contributed by atoms with Gasteiger partial charge in [-0.1, -0.05) is 19.8 Å². The van der Waals surface area contributed by atoms with E-state index < -0.39 is 0 Å². The Kier molecular flexibility index (Phi) is 3.45. The maximum atomic E-state index is 4.43. The topological polar surface area (TPSA) is 40.7 Å².